The summed E-state index contributed by atoms with van der Waals surface area (Å²) in [6.07, 6.45) is 3.13. The number of rotatable bonds is 1. The molecule has 0 spiro atoms. The molecule has 1 aliphatic rings. The summed E-state index contributed by atoms with van der Waals surface area (Å²) < 4.78 is 4.75. The van der Waals surface area contributed by atoms with Gasteiger partial charge in [-0.2, -0.15) is 0 Å². The van der Waals surface area contributed by atoms with Crippen LogP contribution in [0.1, 0.15) is 33.1 Å². The van der Waals surface area contributed by atoms with Crippen molar-refractivity contribution in [3.63, 3.8) is 0 Å². The zero-order chi connectivity index (χ0) is 8.48. The quantitative estimate of drug-likeness (QED) is 0.543. The Kier molecular flexibility index (Phi) is 2.21. The Morgan fingerprint density at radius 3 is 2.64 bits per heavy atom. The number of hydrogen-bond acceptors (Lipinski definition) is 2. The molecule has 0 heterocycles. The first-order valence-corrected chi connectivity index (χ1v) is 4.17. The van der Waals surface area contributed by atoms with Gasteiger partial charge < -0.3 is 4.74 Å². The average Bonchev–Trinajstić information content (AvgIpc) is 2.31. The molecule has 2 nitrogen and oxygen atoms in total. The van der Waals surface area contributed by atoms with E-state index in [-0.39, 0.29) is 11.4 Å². The lowest BCUT2D eigenvalue weighted by atomic mass is 9.88. The van der Waals surface area contributed by atoms with Gasteiger partial charge in [-0.05, 0) is 32.1 Å². The highest BCUT2D eigenvalue weighted by atomic mass is 16.5. The second kappa shape index (κ2) is 2.84. The minimum absolute atomic E-state index is 0.0400. The molecule has 0 aromatic heterocycles. The normalized spacial score (nSPS) is 37.2. The van der Waals surface area contributed by atoms with E-state index in [1.54, 1.807) is 0 Å². The number of esters is 1. The van der Waals surface area contributed by atoms with E-state index < -0.39 is 0 Å². The Hall–Kier alpha value is -0.530. The standard InChI is InChI=1S/C9H16O2/c1-7-4-5-9(2,6-7)8(10)11-3/h7H,4-6H2,1-3H3/t7-,9+/m1/s1. The van der Waals surface area contributed by atoms with Gasteiger partial charge in [-0.1, -0.05) is 6.92 Å². The Morgan fingerprint density at radius 2 is 2.27 bits per heavy atom. The average molecular weight is 156 g/mol. The minimum Gasteiger partial charge on any atom is -0.469 e. The van der Waals surface area contributed by atoms with Crippen LogP contribution in [0.3, 0.4) is 0 Å². The van der Waals surface area contributed by atoms with Crippen molar-refractivity contribution in [1.29, 1.82) is 0 Å². The molecule has 11 heavy (non-hydrogen) atoms. The van der Waals surface area contributed by atoms with Crippen LogP contribution in [0.5, 0.6) is 0 Å². The smallest absolute Gasteiger partial charge is 0.311 e. The summed E-state index contributed by atoms with van der Waals surface area (Å²) in [7, 11) is 1.47. The summed E-state index contributed by atoms with van der Waals surface area (Å²) in [5.41, 5.74) is -0.186. The Labute approximate surface area is 67.9 Å². The number of ether oxygens (including phenoxy) is 1. The summed E-state index contributed by atoms with van der Waals surface area (Å²) in [5, 5.41) is 0. The zero-order valence-electron chi connectivity index (χ0n) is 7.52. The third-order valence-electron chi connectivity index (χ3n) is 2.67. The molecule has 1 rings (SSSR count). The molecule has 0 unspecified atom stereocenters. The van der Waals surface area contributed by atoms with Crippen LogP contribution in [-0.4, -0.2) is 13.1 Å². The summed E-state index contributed by atoms with van der Waals surface area (Å²) in [6, 6.07) is 0. The molecule has 0 amide bonds. The number of carbonyl (C=O) groups is 1. The van der Waals surface area contributed by atoms with Crippen LogP contribution in [0.4, 0.5) is 0 Å². The van der Waals surface area contributed by atoms with E-state index in [9.17, 15) is 4.79 Å². The lowest BCUT2D eigenvalue weighted by Crippen LogP contribution is -2.25. The first-order valence-electron chi connectivity index (χ1n) is 4.17. The minimum atomic E-state index is -0.186. The van der Waals surface area contributed by atoms with Gasteiger partial charge in [0.1, 0.15) is 0 Å². The molecule has 2 heteroatoms. The molecule has 64 valence electrons. The molecular weight excluding hydrogens is 140 g/mol. The molecule has 1 saturated carbocycles. The van der Waals surface area contributed by atoms with Crippen molar-refractivity contribution in [3.8, 4) is 0 Å². The molecule has 0 radical (unpaired) electrons. The summed E-state index contributed by atoms with van der Waals surface area (Å²) in [5.74, 6) is 0.640. The molecule has 0 aromatic rings. The van der Waals surface area contributed by atoms with Crippen LogP contribution < -0.4 is 0 Å². The SMILES string of the molecule is COC(=O)[C@@]1(C)CC[C@@H](C)C1. The highest BCUT2D eigenvalue weighted by molar-refractivity contribution is 5.76. The number of methoxy groups -OCH3 is 1. The second-order valence-electron chi connectivity index (χ2n) is 3.90. The first kappa shape index (κ1) is 8.57. The van der Waals surface area contributed by atoms with Gasteiger partial charge in [0.25, 0.3) is 0 Å². The van der Waals surface area contributed by atoms with E-state index in [0.717, 1.165) is 19.3 Å². The van der Waals surface area contributed by atoms with Gasteiger partial charge in [-0.25, -0.2) is 0 Å². The fourth-order valence-corrected chi connectivity index (χ4v) is 1.97. The van der Waals surface area contributed by atoms with Gasteiger partial charge in [0.2, 0.25) is 0 Å². The number of hydrogen-bond donors (Lipinski definition) is 0. The first-order chi connectivity index (χ1) is 5.08. The maximum Gasteiger partial charge on any atom is 0.311 e. The van der Waals surface area contributed by atoms with E-state index in [2.05, 4.69) is 6.92 Å². The summed E-state index contributed by atoms with van der Waals surface area (Å²) >= 11 is 0. The Bertz CT molecular complexity index is 165. The van der Waals surface area contributed by atoms with Crippen LogP contribution in [-0.2, 0) is 9.53 Å². The highest BCUT2D eigenvalue weighted by Gasteiger charge is 2.40. The molecular formula is C9H16O2. The van der Waals surface area contributed by atoms with Crippen LogP contribution >= 0.6 is 0 Å². The third-order valence-corrected chi connectivity index (χ3v) is 2.67. The Balaban J connectivity index is 2.61. The number of carbonyl (C=O) groups excluding carboxylic acids is 1. The van der Waals surface area contributed by atoms with Crippen molar-refractivity contribution < 1.29 is 9.53 Å². The maximum atomic E-state index is 11.3. The topological polar surface area (TPSA) is 26.3 Å². The van der Waals surface area contributed by atoms with Crippen molar-refractivity contribution in [3.05, 3.63) is 0 Å². The van der Waals surface area contributed by atoms with Crippen molar-refractivity contribution in [2.45, 2.75) is 33.1 Å². The van der Waals surface area contributed by atoms with Gasteiger partial charge in [-0.3, -0.25) is 4.79 Å². The van der Waals surface area contributed by atoms with Gasteiger partial charge in [0, 0.05) is 0 Å². The van der Waals surface area contributed by atoms with Gasteiger partial charge in [-0.15, -0.1) is 0 Å². The largest absolute Gasteiger partial charge is 0.469 e. The van der Waals surface area contributed by atoms with E-state index >= 15 is 0 Å². The zero-order valence-corrected chi connectivity index (χ0v) is 7.52. The van der Waals surface area contributed by atoms with E-state index in [4.69, 9.17) is 4.74 Å². The predicted octanol–water partition coefficient (Wildman–Crippen LogP) is 1.99. The van der Waals surface area contributed by atoms with Crippen LogP contribution in [0.15, 0.2) is 0 Å². The maximum absolute atomic E-state index is 11.3. The van der Waals surface area contributed by atoms with Crippen LogP contribution in [0.25, 0.3) is 0 Å². The lowest BCUT2D eigenvalue weighted by Gasteiger charge is -2.19. The van der Waals surface area contributed by atoms with E-state index in [1.807, 2.05) is 6.92 Å². The van der Waals surface area contributed by atoms with Crippen LogP contribution in [0, 0.1) is 11.3 Å². The van der Waals surface area contributed by atoms with Gasteiger partial charge >= 0.3 is 5.97 Å². The fraction of sp³-hybridized carbons (Fsp3) is 0.889. The molecule has 0 saturated heterocycles. The van der Waals surface area contributed by atoms with E-state index in [1.165, 1.54) is 7.11 Å². The van der Waals surface area contributed by atoms with E-state index in [0.29, 0.717) is 5.92 Å². The summed E-state index contributed by atoms with van der Waals surface area (Å²) in [4.78, 5) is 11.3. The fourth-order valence-electron chi connectivity index (χ4n) is 1.97. The summed E-state index contributed by atoms with van der Waals surface area (Å²) in [6.45, 7) is 4.19. The Morgan fingerprint density at radius 1 is 1.64 bits per heavy atom. The molecule has 2 atom stereocenters. The van der Waals surface area contributed by atoms with Gasteiger partial charge in [0.15, 0.2) is 0 Å². The van der Waals surface area contributed by atoms with Crippen molar-refractivity contribution >= 4 is 5.97 Å². The lowest BCUT2D eigenvalue weighted by molar-refractivity contribution is -0.151. The van der Waals surface area contributed by atoms with Crippen molar-refractivity contribution in [1.82, 2.24) is 0 Å². The molecule has 0 aromatic carbocycles. The van der Waals surface area contributed by atoms with Crippen LogP contribution in [0.2, 0.25) is 0 Å². The molecule has 0 N–H and O–H groups in total. The van der Waals surface area contributed by atoms with Gasteiger partial charge in [0.05, 0.1) is 12.5 Å². The molecule has 0 aliphatic heterocycles. The highest BCUT2D eigenvalue weighted by Crippen LogP contribution is 2.41. The van der Waals surface area contributed by atoms with Crippen molar-refractivity contribution in [2.75, 3.05) is 7.11 Å². The van der Waals surface area contributed by atoms with Crippen molar-refractivity contribution in [2.24, 2.45) is 11.3 Å². The molecule has 0 bridgehead atoms. The predicted molar refractivity (Wildman–Crippen MR) is 43.1 cm³/mol. The monoisotopic (exact) mass is 156 g/mol. The molecule has 1 fully saturated rings. The molecule has 1 aliphatic carbocycles. The second-order valence-corrected chi connectivity index (χ2v) is 3.90. The third kappa shape index (κ3) is 1.55.